The first-order chi connectivity index (χ1) is 12.8. The van der Waals surface area contributed by atoms with Crippen molar-refractivity contribution in [2.75, 3.05) is 26.9 Å². The summed E-state index contributed by atoms with van der Waals surface area (Å²) in [5, 5.41) is 0. The molecule has 0 amide bonds. The number of ether oxygens (including phenoxy) is 3. The average Bonchev–Trinajstić information content (AvgIpc) is 3.23. The molecule has 5 heteroatoms. The molecule has 0 aliphatic carbocycles. The monoisotopic (exact) mass is 353 g/mol. The standard InChI is InChI=1S/C21H23NO4/c1-24-18-9-5-16(6-10-18)20(23)4-2-3-14-25-19-11-7-17(8-12-19)21-22-13-15-26-21/h5-12H,2-4,13-15H2,1H3. The maximum atomic E-state index is 12.1. The molecule has 0 saturated heterocycles. The maximum absolute atomic E-state index is 12.1. The van der Waals surface area contributed by atoms with Gasteiger partial charge in [0.25, 0.3) is 0 Å². The van der Waals surface area contributed by atoms with Crippen molar-refractivity contribution in [3.63, 3.8) is 0 Å². The van der Waals surface area contributed by atoms with Crippen molar-refractivity contribution < 1.29 is 19.0 Å². The lowest BCUT2D eigenvalue weighted by atomic mass is 10.1. The molecule has 1 heterocycles. The van der Waals surface area contributed by atoms with Gasteiger partial charge in [-0.05, 0) is 61.4 Å². The fourth-order valence-electron chi connectivity index (χ4n) is 2.70. The van der Waals surface area contributed by atoms with Crippen molar-refractivity contribution in [1.29, 1.82) is 0 Å². The minimum atomic E-state index is 0.148. The van der Waals surface area contributed by atoms with Crippen molar-refractivity contribution in [3.8, 4) is 11.5 Å². The Hall–Kier alpha value is -2.82. The highest BCUT2D eigenvalue weighted by Crippen LogP contribution is 2.16. The third kappa shape index (κ3) is 4.85. The molecule has 2 aromatic carbocycles. The summed E-state index contributed by atoms with van der Waals surface area (Å²) in [4.78, 5) is 16.4. The van der Waals surface area contributed by atoms with Crippen LogP contribution in [0.2, 0.25) is 0 Å². The van der Waals surface area contributed by atoms with Crippen molar-refractivity contribution in [3.05, 3.63) is 59.7 Å². The van der Waals surface area contributed by atoms with Gasteiger partial charge in [0, 0.05) is 17.5 Å². The molecule has 0 N–H and O–H groups in total. The minimum Gasteiger partial charge on any atom is -0.497 e. The summed E-state index contributed by atoms with van der Waals surface area (Å²) in [6.45, 7) is 1.97. The van der Waals surface area contributed by atoms with Crippen LogP contribution in [0.5, 0.6) is 11.5 Å². The van der Waals surface area contributed by atoms with Crippen molar-refractivity contribution in [2.45, 2.75) is 19.3 Å². The van der Waals surface area contributed by atoms with Crippen molar-refractivity contribution in [1.82, 2.24) is 0 Å². The Morgan fingerprint density at radius 2 is 1.77 bits per heavy atom. The Balaban J connectivity index is 1.36. The molecule has 0 radical (unpaired) electrons. The summed E-state index contributed by atoms with van der Waals surface area (Å²) in [6, 6.07) is 15.0. The predicted octanol–water partition coefficient (Wildman–Crippen LogP) is 3.90. The van der Waals surface area contributed by atoms with Crippen LogP contribution in [0.25, 0.3) is 0 Å². The predicted molar refractivity (Wildman–Crippen MR) is 100 cm³/mol. The van der Waals surface area contributed by atoms with E-state index >= 15 is 0 Å². The highest BCUT2D eigenvalue weighted by molar-refractivity contribution is 5.96. The topological polar surface area (TPSA) is 57.1 Å². The third-order valence-corrected chi connectivity index (χ3v) is 4.17. The van der Waals surface area contributed by atoms with E-state index in [1.54, 1.807) is 19.2 Å². The summed E-state index contributed by atoms with van der Waals surface area (Å²) in [6.07, 6.45) is 2.15. The number of Topliss-reactive ketones (excluding diaryl/α,β-unsaturated/α-hetero) is 1. The quantitative estimate of drug-likeness (QED) is 0.507. The fourth-order valence-corrected chi connectivity index (χ4v) is 2.70. The Labute approximate surface area is 153 Å². The van der Waals surface area contributed by atoms with Crippen molar-refractivity contribution in [2.24, 2.45) is 4.99 Å². The summed E-state index contributed by atoms with van der Waals surface area (Å²) in [5.41, 5.74) is 1.69. The summed E-state index contributed by atoms with van der Waals surface area (Å²) in [5.74, 6) is 2.42. The van der Waals surface area contributed by atoms with Gasteiger partial charge in [0.1, 0.15) is 18.1 Å². The summed E-state index contributed by atoms with van der Waals surface area (Å²) < 4.78 is 16.3. The number of carbonyl (C=O) groups is 1. The van der Waals surface area contributed by atoms with E-state index in [0.29, 0.717) is 25.5 Å². The molecule has 1 aliphatic heterocycles. The van der Waals surface area contributed by atoms with E-state index in [1.165, 1.54) is 0 Å². The molecular formula is C21H23NO4. The normalized spacial score (nSPS) is 13.0. The lowest BCUT2D eigenvalue weighted by Gasteiger charge is -2.07. The number of aliphatic imine (C=N–C) groups is 1. The molecule has 3 rings (SSSR count). The molecule has 5 nitrogen and oxygen atoms in total. The third-order valence-electron chi connectivity index (χ3n) is 4.17. The molecule has 0 aromatic heterocycles. The largest absolute Gasteiger partial charge is 0.497 e. The zero-order valence-corrected chi connectivity index (χ0v) is 14.9. The van der Waals surface area contributed by atoms with Crippen LogP contribution < -0.4 is 9.47 Å². The second kappa shape index (κ2) is 9.04. The second-order valence-corrected chi connectivity index (χ2v) is 6.02. The molecule has 0 unspecified atom stereocenters. The smallest absolute Gasteiger partial charge is 0.216 e. The van der Waals surface area contributed by atoms with Gasteiger partial charge >= 0.3 is 0 Å². The van der Waals surface area contributed by atoms with E-state index in [9.17, 15) is 4.79 Å². The number of ketones is 1. The number of nitrogens with zero attached hydrogens (tertiary/aromatic N) is 1. The van der Waals surface area contributed by atoms with Crippen molar-refractivity contribution >= 4 is 11.7 Å². The Morgan fingerprint density at radius 3 is 2.42 bits per heavy atom. The van der Waals surface area contributed by atoms with Crippen LogP contribution in [0.3, 0.4) is 0 Å². The SMILES string of the molecule is COc1ccc(C(=O)CCCCOc2ccc(C3=NCCO3)cc2)cc1. The van der Waals surface area contributed by atoms with E-state index in [1.807, 2.05) is 36.4 Å². The highest BCUT2D eigenvalue weighted by atomic mass is 16.5. The lowest BCUT2D eigenvalue weighted by molar-refractivity contribution is 0.0978. The number of benzene rings is 2. The zero-order chi connectivity index (χ0) is 18.2. The lowest BCUT2D eigenvalue weighted by Crippen LogP contribution is -2.03. The summed E-state index contributed by atoms with van der Waals surface area (Å²) in [7, 11) is 1.61. The number of rotatable bonds is 9. The zero-order valence-electron chi connectivity index (χ0n) is 14.9. The molecule has 0 spiro atoms. The fraction of sp³-hybridized carbons (Fsp3) is 0.333. The second-order valence-electron chi connectivity index (χ2n) is 6.02. The van der Waals surface area contributed by atoms with Gasteiger partial charge in [-0.25, -0.2) is 4.99 Å². The minimum absolute atomic E-state index is 0.148. The number of methoxy groups -OCH3 is 1. The van der Waals surface area contributed by atoms with Crippen LogP contribution >= 0.6 is 0 Å². The summed E-state index contributed by atoms with van der Waals surface area (Å²) >= 11 is 0. The van der Waals surface area contributed by atoms with Gasteiger partial charge in [0.2, 0.25) is 5.90 Å². The molecule has 1 aliphatic rings. The molecule has 0 bridgehead atoms. The van der Waals surface area contributed by atoms with E-state index in [2.05, 4.69) is 4.99 Å². The van der Waals surface area contributed by atoms with Crippen LogP contribution in [0.4, 0.5) is 0 Å². The molecule has 0 fully saturated rings. The first-order valence-electron chi connectivity index (χ1n) is 8.84. The van der Waals surface area contributed by atoms with E-state index in [0.717, 1.165) is 42.0 Å². The van der Waals surface area contributed by atoms with Crippen LogP contribution in [0.15, 0.2) is 53.5 Å². The number of carbonyl (C=O) groups excluding carboxylic acids is 1. The van der Waals surface area contributed by atoms with E-state index < -0.39 is 0 Å². The number of hydrogen-bond acceptors (Lipinski definition) is 5. The average molecular weight is 353 g/mol. The van der Waals surface area contributed by atoms with Gasteiger partial charge < -0.3 is 14.2 Å². The van der Waals surface area contributed by atoms with Gasteiger partial charge in [-0.1, -0.05) is 0 Å². The Bertz CT molecular complexity index is 751. The van der Waals surface area contributed by atoms with Crippen LogP contribution in [0.1, 0.15) is 35.2 Å². The van der Waals surface area contributed by atoms with Crippen LogP contribution in [-0.4, -0.2) is 38.5 Å². The first-order valence-corrected chi connectivity index (χ1v) is 8.84. The van der Waals surface area contributed by atoms with Gasteiger partial charge in [-0.15, -0.1) is 0 Å². The number of unbranched alkanes of at least 4 members (excludes halogenated alkanes) is 1. The van der Waals surface area contributed by atoms with Crippen LogP contribution in [-0.2, 0) is 4.74 Å². The van der Waals surface area contributed by atoms with Gasteiger partial charge in [-0.2, -0.15) is 0 Å². The number of hydrogen-bond donors (Lipinski definition) is 0. The van der Waals surface area contributed by atoms with Gasteiger partial charge in [-0.3, -0.25) is 4.79 Å². The highest BCUT2D eigenvalue weighted by Gasteiger charge is 2.10. The molecule has 26 heavy (non-hydrogen) atoms. The Kier molecular flexibility index (Phi) is 6.25. The molecule has 136 valence electrons. The van der Waals surface area contributed by atoms with E-state index in [-0.39, 0.29) is 5.78 Å². The molecular weight excluding hydrogens is 330 g/mol. The van der Waals surface area contributed by atoms with E-state index in [4.69, 9.17) is 14.2 Å². The van der Waals surface area contributed by atoms with Gasteiger partial charge in [0.05, 0.1) is 20.3 Å². The molecule has 0 saturated carbocycles. The maximum Gasteiger partial charge on any atom is 0.216 e. The molecule has 0 atom stereocenters. The van der Waals surface area contributed by atoms with Gasteiger partial charge in [0.15, 0.2) is 5.78 Å². The molecule has 2 aromatic rings. The Morgan fingerprint density at radius 1 is 1.04 bits per heavy atom. The van der Waals surface area contributed by atoms with Crippen LogP contribution in [0, 0.1) is 0 Å². The first kappa shape index (κ1) is 18.0.